The van der Waals surface area contributed by atoms with Crippen molar-refractivity contribution in [2.75, 3.05) is 70.2 Å². The van der Waals surface area contributed by atoms with Gasteiger partial charge in [0.05, 0.1) is 24.9 Å². The van der Waals surface area contributed by atoms with Crippen molar-refractivity contribution < 1.29 is 28.2 Å². The van der Waals surface area contributed by atoms with Crippen LogP contribution in [0.2, 0.25) is 0 Å². The quantitative estimate of drug-likeness (QED) is 0.398. The van der Waals surface area contributed by atoms with Gasteiger partial charge in [-0.15, -0.1) is 0 Å². The monoisotopic (exact) mass is 594 g/mol. The first-order valence-electron chi connectivity index (χ1n) is 13.8. The molecule has 0 radical (unpaired) electrons. The molecule has 5 rings (SSSR count). The lowest BCUT2D eigenvalue weighted by molar-refractivity contribution is -0.161. The highest BCUT2D eigenvalue weighted by atomic mass is 19.3. The molecule has 0 unspecified atom stereocenters. The number of piperidine rings is 1. The number of hydrogen-bond acceptors (Lipinski definition) is 11. The normalized spacial score (nSPS) is 18.6. The summed E-state index contributed by atoms with van der Waals surface area (Å²) in [6, 6.07) is 12.0. The first kappa shape index (κ1) is 29.9. The van der Waals surface area contributed by atoms with Gasteiger partial charge in [-0.05, 0) is 43.4 Å². The van der Waals surface area contributed by atoms with Crippen LogP contribution >= 0.6 is 0 Å². The number of rotatable bonds is 8. The number of nitrogens with zero attached hydrogens (tertiary/aromatic N) is 7. The maximum absolute atomic E-state index is 14.8. The van der Waals surface area contributed by atoms with Gasteiger partial charge in [0.2, 0.25) is 17.7 Å². The standard InChI is InChI=1S/C29H32F2N8O4/c1-37-11-13-38(14-12-37)22-4-6-25(35-27(22)42-2)36-28-33-9-7-21(34-28)19-3-5-23(20(15-19)16-32)43-24-8-10-39(26(41)17-40)18-29(24,30)31/h3-7,9,15,24,40H,8,10-14,17-18H2,1-2H3,(H,33,34,35,36)/t24-/m0/s1. The summed E-state index contributed by atoms with van der Waals surface area (Å²) in [7, 11) is 3.67. The number of amides is 1. The Balaban J connectivity index is 1.30. The van der Waals surface area contributed by atoms with Crippen molar-refractivity contribution in [2.24, 2.45) is 0 Å². The zero-order valence-electron chi connectivity index (χ0n) is 23.8. The lowest BCUT2D eigenvalue weighted by Gasteiger charge is -2.38. The number of ether oxygens (including phenoxy) is 2. The molecule has 2 fully saturated rings. The van der Waals surface area contributed by atoms with Crippen molar-refractivity contribution >= 4 is 23.4 Å². The van der Waals surface area contributed by atoms with Gasteiger partial charge in [-0.25, -0.2) is 18.7 Å². The van der Waals surface area contributed by atoms with Gasteiger partial charge >= 0.3 is 5.92 Å². The van der Waals surface area contributed by atoms with Crippen LogP contribution in [0.5, 0.6) is 11.6 Å². The molecule has 2 aliphatic heterocycles. The number of aliphatic hydroxyl groups excluding tert-OH is 1. The van der Waals surface area contributed by atoms with E-state index in [2.05, 4.69) is 37.1 Å². The number of nitriles is 1. The SMILES string of the molecule is COc1nc(Nc2nccc(-c3ccc(O[C@H]4CCN(C(=O)CO)CC4(F)F)c(C#N)c3)n2)ccc1N1CCN(C)CC1. The Bertz CT molecular complexity index is 1510. The first-order valence-corrected chi connectivity index (χ1v) is 13.8. The van der Waals surface area contributed by atoms with Crippen LogP contribution < -0.4 is 19.7 Å². The summed E-state index contributed by atoms with van der Waals surface area (Å²) >= 11 is 0. The number of likely N-dealkylation sites (N-methyl/N-ethyl adjacent to an activating group) is 1. The molecule has 2 aromatic heterocycles. The lowest BCUT2D eigenvalue weighted by atomic mass is 10.0. The molecule has 14 heteroatoms. The summed E-state index contributed by atoms with van der Waals surface area (Å²) in [5.41, 5.74) is 2.01. The molecule has 12 nitrogen and oxygen atoms in total. The molecule has 3 aromatic rings. The largest absolute Gasteiger partial charge is 0.483 e. The van der Waals surface area contributed by atoms with Crippen LogP contribution in [-0.4, -0.2) is 108 Å². The highest BCUT2D eigenvalue weighted by Gasteiger charge is 2.47. The third kappa shape index (κ3) is 6.73. The van der Waals surface area contributed by atoms with Crippen LogP contribution in [0.3, 0.4) is 0 Å². The number of aliphatic hydroxyl groups is 1. The van der Waals surface area contributed by atoms with Gasteiger partial charge < -0.3 is 34.6 Å². The maximum Gasteiger partial charge on any atom is 0.301 e. The Kier molecular flexibility index (Phi) is 8.84. The van der Waals surface area contributed by atoms with E-state index < -0.39 is 31.1 Å². The first-order chi connectivity index (χ1) is 20.7. The Labute approximate surface area is 247 Å². The second-order valence-corrected chi connectivity index (χ2v) is 10.4. The fourth-order valence-corrected chi connectivity index (χ4v) is 5.05. The molecule has 4 heterocycles. The molecule has 226 valence electrons. The summed E-state index contributed by atoms with van der Waals surface area (Å²) in [6.07, 6.45) is -0.129. The number of methoxy groups -OCH3 is 1. The van der Waals surface area contributed by atoms with Gasteiger partial charge in [0, 0.05) is 50.9 Å². The maximum atomic E-state index is 14.8. The molecule has 2 N–H and O–H groups in total. The van der Waals surface area contributed by atoms with Crippen LogP contribution in [0.25, 0.3) is 11.3 Å². The van der Waals surface area contributed by atoms with Crippen LogP contribution in [0.1, 0.15) is 12.0 Å². The zero-order valence-corrected chi connectivity index (χ0v) is 23.8. The Hall–Kier alpha value is -4.61. The number of likely N-dealkylation sites (tertiary alicyclic amines) is 1. The molecule has 43 heavy (non-hydrogen) atoms. The fourth-order valence-electron chi connectivity index (χ4n) is 5.05. The number of benzene rings is 1. The van der Waals surface area contributed by atoms with E-state index in [1.807, 2.05) is 18.2 Å². The second kappa shape index (κ2) is 12.7. The summed E-state index contributed by atoms with van der Waals surface area (Å²) in [5, 5.41) is 21.8. The number of halogens is 2. The summed E-state index contributed by atoms with van der Waals surface area (Å²) in [5.74, 6) is -2.89. The second-order valence-electron chi connectivity index (χ2n) is 10.4. The van der Waals surface area contributed by atoms with Crippen LogP contribution in [0.4, 0.5) is 26.2 Å². The zero-order chi connectivity index (χ0) is 30.6. The summed E-state index contributed by atoms with van der Waals surface area (Å²) in [6.45, 7) is 1.94. The van der Waals surface area contributed by atoms with Crippen LogP contribution in [0.15, 0.2) is 42.6 Å². The van der Waals surface area contributed by atoms with Crippen molar-refractivity contribution in [3.05, 3.63) is 48.2 Å². The molecule has 1 atom stereocenters. The van der Waals surface area contributed by atoms with Gasteiger partial charge in [0.1, 0.15) is 29.9 Å². The van der Waals surface area contributed by atoms with E-state index in [4.69, 9.17) is 14.6 Å². The van der Waals surface area contributed by atoms with E-state index >= 15 is 0 Å². The minimum absolute atomic E-state index is 0.00185. The minimum Gasteiger partial charge on any atom is -0.483 e. The Morgan fingerprint density at radius 1 is 1.16 bits per heavy atom. The van der Waals surface area contributed by atoms with Crippen molar-refractivity contribution in [1.29, 1.82) is 5.26 Å². The number of alkyl halides is 2. The third-order valence-corrected chi connectivity index (χ3v) is 7.46. The number of aromatic nitrogens is 3. The van der Waals surface area contributed by atoms with Crippen molar-refractivity contribution in [3.63, 3.8) is 0 Å². The van der Waals surface area contributed by atoms with E-state index in [0.717, 1.165) is 36.8 Å². The molecule has 0 aliphatic carbocycles. The van der Waals surface area contributed by atoms with Gasteiger partial charge in [0.15, 0.2) is 6.10 Å². The van der Waals surface area contributed by atoms with E-state index in [0.29, 0.717) is 23.0 Å². The highest BCUT2D eigenvalue weighted by Crippen LogP contribution is 2.34. The highest BCUT2D eigenvalue weighted by molar-refractivity contribution is 5.77. The molecular formula is C29H32F2N8O4. The van der Waals surface area contributed by atoms with Gasteiger partial charge in [-0.3, -0.25) is 4.79 Å². The predicted octanol–water partition coefficient (Wildman–Crippen LogP) is 2.52. The molecule has 0 bridgehead atoms. The van der Waals surface area contributed by atoms with E-state index in [9.17, 15) is 18.8 Å². The number of carbonyl (C=O) groups is 1. The fraction of sp³-hybridized carbons (Fsp3) is 0.414. The van der Waals surface area contributed by atoms with Gasteiger partial charge in [-0.2, -0.15) is 10.2 Å². The third-order valence-electron chi connectivity index (χ3n) is 7.46. The number of hydrogen-bond donors (Lipinski definition) is 2. The summed E-state index contributed by atoms with van der Waals surface area (Å²) in [4.78, 5) is 30.5. The van der Waals surface area contributed by atoms with Crippen molar-refractivity contribution in [2.45, 2.75) is 18.4 Å². The van der Waals surface area contributed by atoms with E-state index in [-0.39, 0.29) is 30.2 Å². The number of anilines is 3. The number of nitrogens with one attached hydrogen (secondary N) is 1. The van der Waals surface area contributed by atoms with E-state index in [1.54, 1.807) is 25.4 Å². The average molecular weight is 595 g/mol. The minimum atomic E-state index is -3.36. The molecule has 2 aliphatic rings. The smallest absolute Gasteiger partial charge is 0.301 e. The van der Waals surface area contributed by atoms with Crippen molar-refractivity contribution in [1.82, 2.24) is 24.8 Å². The molecule has 2 saturated heterocycles. The Morgan fingerprint density at radius 2 is 1.95 bits per heavy atom. The summed E-state index contributed by atoms with van der Waals surface area (Å²) < 4.78 is 40.7. The average Bonchev–Trinajstić information content (AvgIpc) is 3.02. The van der Waals surface area contributed by atoms with Gasteiger partial charge in [0.25, 0.3) is 0 Å². The van der Waals surface area contributed by atoms with Crippen LogP contribution in [-0.2, 0) is 4.79 Å². The number of carbonyl (C=O) groups excluding carboxylic acids is 1. The molecule has 1 amide bonds. The molecule has 1 aromatic carbocycles. The van der Waals surface area contributed by atoms with Gasteiger partial charge in [-0.1, -0.05) is 0 Å². The predicted molar refractivity (Wildman–Crippen MR) is 154 cm³/mol. The van der Waals surface area contributed by atoms with E-state index in [1.165, 1.54) is 12.1 Å². The molecular weight excluding hydrogens is 562 g/mol. The molecule has 0 spiro atoms. The number of pyridine rings is 1. The lowest BCUT2D eigenvalue weighted by Crippen LogP contribution is -2.55. The molecule has 0 saturated carbocycles. The number of piperazine rings is 1. The Morgan fingerprint density at radius 3 is 2.65 bits per heavy atom. The van der Waals surface area contributed by atoms with Crippen molar-refractivity contribution in [3.8, 4) is 29.0 Å². The van der Waals surface area contributed by atoms with Crippen LogP contribution in [0, 0.1) is 11.3 Å². The topological polar surface area (TPSA) is 140 Å².